The maximum absolute atomic E-state index is 3.90. The van der Waals surface area contributed by atoms with E-state index in [2.05, 4.69) is 32.3 Å². The quantitative estimate of drug-likeness (QED) is 0.631. The molecule has 0 saturated carbocycles. The van der Waals surface area contributed by atoms with Crippen LogP contribution in [0.3, 0.4) is 0 Å². The van der Waals surface area contributed by atoms with Crippen LogP contribution < -0.4 is 5.32 Å². The Bertz CT molecular complexity index is 205. The highest BCUT2D eigenvalue weighted by molar-refractivity contribution is 5.20. The van der Waals surface area contributed by atoms with Gasteiger partial charge in [-0.1, -0.05) is 32.6 Å². The molecule has 0 aromatic rings. The van der Waals surface area contributed by atoms with E-state index >= 15 is 0 Å². The predicted octanol–water partition coefficient (Wildman–Crippen LogP) is 3.23. The van der Waals surface area contributed by atoms with Crippen molar-refractivity contribution in [3.63, 3.8) is 0 Å². The van der Waals surface area contributed by atoms with Gasteiger partial charge < -0.3 is 5.32 Å². The van der Waals surface area contributed by atoms with E-state index in [1.54, 1.807) is 0 Å². The molecule has 68 valence electrons. The van der Waals surface area contributed by atoms with Crippen LogP contribution in [-0.4, -0.2) is 0 Å². The maximum atomic E-state index is 3.90. The zero-order valence-corrected chi connectivity index (χ0v) is 8.57. The van der Waals surface area contributed by atoms with Crippen LogP contribution in [0.25, 0.3) is 0 Å². The fourth-order valence-corrected chi connectivity index (χ4v) is 0.735. The molecule has 0 aliphatic rings. The first-order valence-electron chi connectivity index (χ1n) is 4.23. The second-order valence-electron chi connectivity index (χ2n) is 3.55. The van der Waals surface area contributed by atoms with Crippen molar-refractivity contribution < 1.29 is 0 Å². The minimum atomic E-state index is 0.451. The second-order valence-corrected chi connectivity index (χ2v) is 3.55. The van der Waals surface area contributed by atoms with Crippen LogP contribution in [0.1, 0.15) is 27.7 Å². The average molecular weight is 165 g/mol. The van der Waals surface area contributed by atoms with Gasteiger partial charge in [-0.05, 0) is 25.8 Å². The molecule has 1 N–H and O–H groups in total. The topological polar surface area (TPSA) is 12.0 Å². The smallest absolute Gasteiger partial charge is 0.0308 e. The van der Waals surface area contributed by atoms with Crippen molar-refractivity contribution in [3.8, 4) is 0 Å². The van der Waals surface area contributed by atoms with Gasteiger partial charge in [0, 0.05) is 11.4 Å². The van der Waals surface area contributed by atoms with E-state index in [0.717, 1.165) is 11.4 Å². The third kappa shape index (κ3) is 4.78. The van der Waals surface area contributed by atoms with Crippen LogP contribution in [-0.2, 0) is 0 Å². The number of nitrogens with one attached hydrogen (secondary N) is 1. The lowest BCUT2D eigenvalue weighted by molar-refractivity contribution is 0.710. The standard InChI is InChI=1S/C11H19N/c1-8(2)7-10(5)12-11(6)9(3)4/h7,9,12H,5-6H2,1-4H3. The van der Waals surface area contributed by atoms with Crippen LogP contribution in [0.5, 0.6) is 0 Å². The Kier molecular flexibility index (Phi) is 4.42. The lowest BCUT2D eigenvalue weighted by Gasteiger charge is -2.12. The molecular weight excluding hydrogens is 146 g/mol. The fourth-order valence-electron chi connectivity index (χ4n) is 0.735. The van der Waals surface area contributed by atoms with Gasteiger partial charge in [0.25, 0.3) is 0 Å². The van der Waals surface area contributed by atoms with Crippen LogP contribution in [0.15, 0.2) is 36.2 Å². The zero-order valence-electron chi connectivity index (χ0n) is 8.57. The van der Waals surface area contributed by atoms with Gasteiger partial charge in [-0.3, -0.25) is 0 Å². The van der Waals surface area contributed by atoms with Crippen molar-refractivity contribution in [1.29, 1.82) is 0 Å². The minimum Gasteiger partial charge on any atom is -0.360 e. The Hall–Kier alpha value is -0.980. The maximum Gasteiger partial charge on any atom is 0.0308 e. The van der Waals surface area contributed by atoms with Crippen molar-refractivity contribution in [2.45, 2.75) is 27.7 Å². The zero-order chi connectivity index (χ0) is 9.72. The minimum absolute atomic E-state index is 0.451. The summed E-state index contributed by atoms with van der Waals surface area (Å²) in [5.41, 5.74) is 3.16. The fraction of sp³-hybridized carbons (Fsp3) is 0.455. The summed E-state index contributed by atoms with van der Waals surface area (Å²) < 4.78 is 0. The highest BCUT2D eigenvalue weighted by atomic mass is 14.9. The summed E-state index contributed by atoms with van der Waals surface area (Å²) in [5, 5.41) is 3.15. The highest BCUT2D eigenvalue weighted by Crippen LogP contribution is 2.06. The van der Waals surface area contributed by atoms with E-state index < -0.39 is 0 Å². The van der Waals surface area contributed by atoms with E-state index in [1.165, 1.54) is 5.57 Å². The predicted molar refractivity (Wildman–Crippen MR) is 55.7 cm³/mol. The summed E-state index contributed by atoms with van der Waals surface area (Å²) in [6.45, 7) is 16.1. The molecule has 0 bridgehead atoms. The Labute approximate surface area is 75.9 Å². The molecule has 0 aliphatic heterocycles. The Morgan fingerprint density at radius 1 is 1.25 bits per heavy atom. The van der Waals surface area contributed by atoms with Crippen molar-refractivity contribution in [3.05, 3.63) is 36.2 Å². The van der Waals surface area contributed by atoms with Gasteiger partial charge in [0.1, 0.15) is 0 Å². The molecule has 12 heavy (non-hydrogen) atoms. The SMILES string of the molecule is C=C(C=C(C)C)NC(=C)C(C)C. The van der Waals surface area contributed by atoms with Gasteiger partial charge in [0.05, 0.1) is 0 Å². The van der Waals surface area contributed by atoms with Crippen LogP contribution in [0, 0.1) is 5.92 Å². The lowest BCUT2D eigenvalue weighted by Crippen LogP contribution is -2.13. The number of hydrogen-bond acceptors (Lipinski definition) is 1. The van der Waals surface area contributed by atoms with E-state index in [1.807, 2.05) is 19.9 Å². The second kappa shape index (κ2) is 4.81. The van der Waals surface area contributed by atoms with Gasteiger partial charge in [-0.15, -0.1) is 0 Å². The molecule has 0 aliphatic carbocycles. The molecular formula is C11H19N. The molecule has 0 rings (SSSR count). The molecule has 0 spiro atoms. The Balaban J connectivity index is 4.03. The molecule has 0 atom stereocenters. The number of allylic oxidation sites excluding steroid dienone is 3. The van der Waals surface area contributed by atoms with Gasteiger partial charge in [-0.2, -0.15) is 0 Å². The summed E-state index contributed by atoms with van der Waals surface area (Å²) in [6, 6.07) is 0. The van der Waals surface area contributed by atoms with Gasteiger partial charge in [0.15, 0.2) is 0 Å². The monoisotopic (exact) mass is 165 g/mol. The van der Waals surface area contributed by atoms with Crippen LogP contribution >= 0.6 is 0 Å². The molecule has 1 nitrogen and oxygen atoms in total. The number of hydrogen-bond donors (Lipinski definition) is 1. The summed E-state index contributed by atoms with van der Waals surface area (Å²) in [6.07, 6.45) is 2.01. The third-order valence-corrected chi connectivity index (χ3v) is 1.48. The van der Waals surface area contributed by atoms with E-state index in [4.69, 9.17) is 0 Å². The molecule has 0 saturated heterocycles. The first-order chi connectivity index (χ1) is 5.43. The summed E-state index contributed by atoms with van der Waals surface area (Å²) >= 11 is 0. The molecule has 0 heterocycles. The largest absolute Gasteiger partial charge is 0.360 e. The molecule has 0 amide bonds. The van der Waals surface area contributed by atoms with Gasteiger partial charge in [-0.25, -0.2) is 0 Å². The van der Waals surface area contributed by atoms with Crippen LogP contribution in [0.2, 0.25) is 0 Å². The first kappa shape index (κ1) is 11.0. The third-order valence-electron chi connectivity index (χ3n) is 1.48. The van der Waals surface area contributed by atoms with Gasteiger partial charge >= 0.3 is 0 Å². The summed E-state index contributed by atoms with van der Waals surface area (Å²) in [5.74, 6) is 0.451. The highest BCUT2D eigenvalue weighted by Gasteiger charge is 1.98. The molecule has 1 heteroatoms. The Morgan fingerprint density at radius 2 is 1.75 bits per heavy atom. The van der Waals surface area contributed by atoms with E-state index in [0.29, 0.717) is 5.92 Å². The molecule has 0 radical (unpaired) electrons. The normalized spacial score (nSPS) is 9.42. The van der Waals surface area contributed by atoms with Crippen LogP contribution in [0.4, 0.5) is 0 Å². The summed E-state index contributed by atoms with van der Waals surface area (Å²) in [7, 11) is 0. The summed E-state index contributed by atoms with van der Waals surface area (Å²) in [4.78, 5) is 0. The van der Waals surface area contributed by atoms with Gasteiger partial charge in [0.2, 0.25) is 0 Å². The average Bonchev–Trinajstić information content (AvgIpc) is 1.84. The van der Waals surface area contributed by atoms with E-state index in [-0.39, 0.29) is 0 Å². The lowest BCUT2D eigenvalue weighted by atomic mass is 10.1. The molecule has 0 unspecified atom stereocenters. The van der Waals surface area contributed by atoms with Crippen molar-refractivity contribution in [2.75, 3.05) is 0 Å². The molecule has 0 fully saturated rings. The molecule has 0 aromatic heterocycles. The van der Waals surface area contributed by atoms with Crippen molar-refractivity contribution in [2.24, 2.45) is 5.92 Å². The number of rotatable bonds is 4. The first-order valence-corrected chi connectivity index (χ1v) is 4.23. The molecule has 0 aromatic carbocycles. The van der Waals surface area contributed by atoms with Crippen molar-refractivity contribution in [1.82, 2.24) is 5.32 Å². The van der Waals surface area contributed by atoms with E-state index in [9.17, 15) is 0 Å². The Morgan fingerprint density at radius 3 is 2.08 bits per heavy atom. The van der Waals surface area contributed by atoms with Crippen molar-refractivity contribution >= 4 is 0 Å².